The number of hydrogen-bond acceptors (Lipinski definition) is 6. The fourth-order valence-corrected chi connectivity index (χ4v) is 6.32. The zero-order valence-electron chi connectivity index (χ0n) is 25.7. The molecule has 2 aromatic heterocycles. The predicted molar refractivity (Wildman–Crippen MR) is 185 cm³/mol. The number of rotatable bonds is 1. The van der Waals surface area contributed by atoms with E-state index in [-0.39, 0.29) is 0 Å². The molecule has 0 aliphatic rings. The molecule has 227 valence electrons. The Morgan fingerprint density at radius 1 is 0.426 bits per heavy atom. The van der Waals surface area contributed by atoms with E-state index in [2.05, 4.69) is 114 Å². The first-order chi connectivity index (χ1) is 23.1. The van der Waals surface area contributed by atoms with Crippen molar-refractivity contribution in [2.75, 3.05) is 0 Å². The average Bonchev–Trinajstić information content (AvgIpc) is 3.12. The average molecular weight is 652 g/mol. The third-order valence-electron chi connectivity index (χ3n) is 8.32. The standard InChI is InChI=1S/C23H16N2.C17H12N2.Mn.2O/c1-15-21(16-9-3-2-4-10-16)25-23-20-14-8-6-12-18(20)17-11-5-7-13-19(17)22(23)24-15;1-11-10-18-16-14-8-4-2-6-12(14)13-7-3-5-9-15(13)17(16)19-11;;;/h2-14H,1H3;2-10H,1H3;;;. The van der Waals surface area contributed by atoms with Gasteiger partial charge in [0.15, 0.2) is 0 Å². The molecule has 0 spiro atoms. The van der Waals surface area contributed by atoms with Gasteiger partial charge in [0.2, 0.25) is 0 Å². The molecular weight excluding hydrogens is 623 g/mol. The first-order valence-electron chi connectivity index (χ1n) is 15.1. The molecule has 6 nitrogen and oxygen atoms in total. The Bertz CT molecular complexity index is 2600. The molecule has 0 aliphatic carbocycles. The van der Waals surface area contributed by atoms with Crippen molar-refractivity contribution >= 4 is 65.2 Å². The number of aryl methyl sites for hydroxylation is 2. The molecular formula is C40H28MnN4O2. The van der Waals surface area contributed by atoms with Crippen molar-refractivity contribution < 1.29 is 22.5 Å². The summed E-state index contributed by atoms with van der Waals surface area (Å²) in [6.07, 6.45) is 1.84. The summed E-state index contributed by atoms with van der Waals surface area (Å²) in [5.74, 6) is 0. The van der Waals surface area contributed by atoms with Gasteiger partial charge in [-0.25, -0.2) is 15.0 Å². The first kappa shape index (κ1) is 30.1. The van der Waals surface area contributed by atoms with Crippen LogP contribution in [0.25, 0.3) is 76.4 Å². The van der Waals surface area contributed by atoms with E-state index in [1.165, 1.54) is 32.3 Å². The van der Waals surface area contributed by atoms with Gasteiger partial charge in [-0.2, -0.15) is 0 Å². The Kier molecular flexibility index (Phi) is 8.32. The van der Waals surface area contributed by atoms with Crippen molar-refractivity contribution in [1.82, 2.24) is 19.9 Å². The number of benzene rings is 7. The van der Waals surface area contributed by atoms with Gasteiger partial charge < -0.3 is 0 Å². The first-order valence-corrected chi connectivity index (χ1v) is 16.1. The molecule has 7 heteroatoms. The van der Waals surface area contributed by atoms with Crippen LogP contribution in [0.2, 0.25) is 0 Å². The Morgan fingerprint density at radius 2 is 0.787 bits per heavy atom. The van der Waals surface area contributed by atoms with Crippen molar-refractivity contribution in [3.05, 3.63) is 145 Å². The van der Waals surface area contributed by atoms with Gasteiger partial charge in [-0.05, 0) is 35.4 Å². The molecule has 0 unspecified atom stereocenters. The fourth-order valence-electron chi connectivity index (χ4n) is 6.32. The van der Waals surface area contributed by atoms with E-state index in [0.717, 1.165) is 55.5 Å². The Labute approximate surface area is 276 Å². The van der Waals surface area contributed by atoms with Gasteiger partial charge in [0, 0.05) is 33.3 Å². The zero-order chi connectivity index (χ0) is 32.3. The zero-order valence-corrected chi connectivity index (χ0v) is 26.9. The van der Waals surface area contributed by atoms with Crippen LogP contribution < -0.4 is 0 Å². The summed E-state index contributed by atoms with van der Waals surface area (Å²) in [7, 11) is 0. The summed E-state index contributed by atoms with van der Waals surface area (Å²) in [4.78, 5) is 19.3. The summed E-state index contributed by atoms with van der Waals surface area (Å²) < 4.78 is 16.8. The van der Waals surface area contributed by atoms with E-state index in [4.69, 9.17) is 22.6 Å². The molecule has 0 bridgehead atoms. The second kappa shape index (κ2) is 13.0. The maximum absolute atomic E-state index is 8.41. The SMILES string of the molecule is Cc1cnc2c3ccccc3c3ccccc3c2n1.Cc1nc2c3ccccc3c3ccccc3c2nc1-c1ccccc1.[O]=[Mn]=[O]. The minimum absolute atomic E-state index is 0.952. The van der Waals surface area contributed by atoms with Crippen LogP contribution in [0.3, 0.4) is 0 Å². The van der Waals surface area contributed by atoms with Gasteiger partial charge in [0.05, 0.1) is 39.1 Å². The molecule has 0 saturated heterocycles. The van der Waals surface area contributed by atoms with E-state index in [9.17, 15) is 0 Å². The molecule has 9 rings (SSSR count). The van der Waals surface area contributed by atoms with Crippen molar-refractivity contribution in [2.24, 2.45) is 0 Å². The van der Waals surface area contributed by atoms with Gasteiger partial charge >= 0.3 is 22.5 Å². The number of aromatic nitrogens is 4. The molecule has 0 amide bonds. The second-order valence-electron chi connectivity index (χ2n) is 11.2. The number of fused-ring (bicyclic) bond motifs is 12. The summed E-state index contributed by atoms with van der Waals surface area (Å²) in [6.45, 7) is 4.02. The van der Waals surface area contributed by atoms with Crippen LogP contribution in [0.5, 0.6) is 0 Å². The summed E-state index contributed by atoms with van der Waals surface area (Å²) in [6, 6.07) is 44.0. The maximum atomic E-state index is 8.41. The molecule has 0 aliphatic heterocycles. The third-order valence-corrected chi connectivity index (χ3v) is 8.32. The second-order valence-corrected chi connectivity index (χ2v) is 11.4. The van der Waals surface area contributed by atoms with E-state index in [1.54, 1.807) is 0 Å². The third kappa shape index (κ3) is 5.57. The normalized spacial score (nSPS) is 10.9. The van der Waals surface area contributed by atoms with Crippen molar-refractivity contribution in [3.63, 3.8) is 0 Å². The molecule has 0 saturated carbocycles. The van der Waals surface area contributed by atoms with E-state index >= 15 is 0 Å². The van der Waals surface area contributed by atoms with Crippen molar-refractivity contribution in [2.45, 2.75) is 13.8 Å². The van der Waals surface area contributed by atoms with Crippen LogP contribution in [0.1, 0.15) is 11.4 Å². The summed E-state index contributed by atoms with van der Waals surface area (Å²) in [5, 5.41) is 9.59. The summed E-state index contributed by atoms with van der Waals surface area (Å²) in [5.41, 5.74) is 7.90. The van der Waals surface area contributed by atoms with Crippen molar-refractivity contribution in [1.29, 1.82) is 0 Å². The van der Waals surface area contributed by atoms with E-state index in [0.29, 0.717) is 0 Å². The van der Waals surface area contributed by atoms with Gasteiger partial charge in [-0.15, -0.1) is 0 Å². The van der Waals surface area contributed by atoms with E-state index in [1.807, 2.05) is 38.2 Å². The molecule has 0 atom stereocenters. The monoisotopic (exact) mass is 651 g/mol. The van der Waals surface area contributed by atoms with Crippen LogP contribution in [0.4, 0.5) is 0 Å². The molecule has 0 N–H and O–H groups in total. The van der Waals surface area contributed by atoms with Gasteiger partial charge in [-0.3, -0.25) is 4.98 Å². The molecule has 0 radical (unpaired) electrons. The Balaban J connectivity index is 0.000000142. The van der Waals surface area contributed by atoms with Crippen LogP contribution in [-0.4, -0.2) is 19.9 Å². The number of hydrogen-bond donors (Lipinski definition) is 0. The van der Waals surface area contributed by atoms with E-state index < -0.39 is 14.8 Å². The van der Waals surface area contributed by atoms with Gasteiger partial charge in [0.1, 0.15) is 0 Å². The topological polar surface area (TPSA) is 85.7 Å². The predicted octanol–water partition coefficient (Wildman–Crippen LogP) is 9.92. The molecule has 2 heterocycles. The quantitative estimate of drug-likeness (QED) is 0.130. The number of nitrogens with zero attached hydrogens (tertiary/aromatic N) is 4. The fraction of sp³-hybridized carbons (Fsp3) is 0.0500. The summed E-state index contributed by atoms with van der Waals surface area (Å²) >= 11 is -1.44. The van der Waals surface area contributed by atoms with Crippen LogP contribution >= 0.6 is 0 Å². The van der Waals surface area contributed by atoms with Crippen LogP contribution in [-0.2, 0) is 22.5 Å². The molecule has 0 fully saturated rings. The Morgan fingerprint density at radius 3 is 1.26 bits per heavy atom. The molecule has 9 aromatic rings. The van der Waals surface area contributed by atoms with Gasteiger partial charge in [0.25, 0.3) is 0 Å². The minimum atomic E-state index is -1.44. The Hall–Kier alpha value is -5.62. The molecule has 7 aromatic carbocycles. The van der Waals surface area contributed by atoms with Gasteiger partial charge in [-0.1, -0.05) is 127 Å². The van der Waals surface area contributed by atoms with Crippen LogP contribution in [0, 0.1) is 13.8 Å². The van der Waals surface area contributed by atoms with Crippen molar-refractivity contribution in [3.8, 4) is 11.3 Å². The van der Waals surface area contributed by atoms with Crippen LogP contribution in [0.15, 0.2) is 134 Å². The molecule has 47 heavy (non-hydrogen) atoms.